The van der Waals surface area contributed by atoms with Crippen molar-refractivity contribution in [2.75, 3.05) is 14.1 Å². The van der Waals surface area contributed by atoms with Crippen molar-refractivity contribution >= 4 is 11.8 Å². The van der Waals surface area contributed by atoms with Crippen LogP contribution >= 0.6 is 11.8 Å². The third kappa shape index (κ3) is 4.39. The van der Waals surface area contributed by atoms with E-state index in [9.17, 15) is 4.39 Å². The lowest BCUT2D eigenvalue weighted by Gasteiger charge is -2.20. The second-order valence-corrected chi connectivity index (χ2v) is 8.85. The summed E-state index contributed by atoms with van der Waals surface area (Å²) in [6, 6.07) is 8.23. The highest BCUT2D eigenvalue weighted by Crippen LogP contribution is 2.31. The average Bonchev–Trinajstić information content (AvgIpc) is 3.04. The van der Waals surface area contributed by atoms with Crippen LogP contribution in [0.2, 0.25) is 0 Å². The standard InChI is InChI=1S/C20H25FN6S/c1-13(26(5)6)17-24-25-19(27(17)15-9-7-14(21)8-10-15)28-16-11-12-22-18(23-16)20(2,3)4/h7-13H,1-6H3. The number of aromatic nitrogens is 5. The van der Waals surface area contributed by atoms with Crippen molar-refractivity contribution in [1.29, 1.82) is 0 Å². The molecule has 148 valence electrons. The van der Waals surface area contributed by atoms with Crippen molar-refractivity contribution in [2.24, 2.45) is 0 Å². The van der Waals surface area contributed by atoms with E-state index in [4.69, 9.17) is 0 Å². The van der Waals surface area contributed by atoms with Crippen molar-refractivity contribution in [3.05, 3.63) is 54.0 Å². The summed E-state index contributed by atoms with van der Waals surface area (Å²) in [6.07, 6.45) is 1.76. The fourth-order valence-electron chi connectivity index (χ4n) is 2.54. The van der Waals surface area contributed by atoms with Crippen LogP contribution in [-0.2, 0) is 5.41 Å². The van der Waals surface area contributed by atoms with Crippen molar-refractivity contribution in [3.63, 3.8) is 0 Å². The Balaban J connectivity index is 2.05. The number of benzene rings is 1. The van der Waals surface area contributed by atoms with Crippen LogP contribution in [0.4, 0.5) is 4.39 Å². The van der Waals surface area contributed by atoms with Gasteiger partial charge in [0.15, 0.2) is 5.82 Å². The fraction of sp³-hybridized carbons (Fsp3) is 0.400. The minimum atomic E-state index is -0.279. The number of nitrogens with zero attached hydrogens (tertiary/aromatic N) is 6. The summed E-state index contributed by atoms with van der Waals surface area (Å²) in [7, 11) is 3.97. The van der Waals surface area contributed by atoms with E-state index in [1.165, 1.54) is 23.9 Å². The zero-order valence-electron chi connectivity index (χ0n) is 17.0. The van der Waals surface area contributed by atoms with E-state index in [1.807, 2.05) is 24.7 Å². The zero-order valence-corrected chi connectivity index (χ0v) is 17.8. The highest BCUT2D eigenvalue weighted by Gasteiger charge is 2.23. The molecule has 1 aromatic carbocycles. The topological polar surface area (TPSA) is 59.7 Å². The Morgan fingerprint density at radius 1 is 1.07 bits per heavy atom. The largest absolute Gasteiger partial charge is 0.300 e. The third-order valence-corrected chi connectivity index (χ3v) is 5.27. The molecule has 28 heavy (non-hydrogen) atoms. The summed E-state index contributed by atoms with van der Waals surface area (Å²) in [5.41, 5.74) is 0.661. The monoisotopic (exact) mass is 400 g/mol. The molecule has 6 nitrogen and oxygen atoms in total. The smallest absolute Gasteiger partial charge is 0.202 e. The van der Waals surface area contributed by atoms with Gasteiger partial charge in [0.2, 0.25) is 5.16 Å². The fourth-order valence-corrected chi connectivity index (χ4v) is 3.36. The van der Waals surface area contributed by atoms with Gasteiger partial charge in [0.05, 0.1) is 6.04 Å². The summed E-state index contributed by atoms with van der Waals surface area (Å²) in [5, 5.41) is 10.3. The van der Waals surface area contributed by atoms with E-state index in [-0.39, 0.29) is 17.3 Å². The van der Waals surface area contributed by atoms with Crippen molar-refractivity contribution in [1.82, 2.24) is 29.6 Å². The third-order valence-electron chi connectivity index (χ3n) is 4.39. The van der Waals surface area contributed by atoms with E-state index in [0.29, 0.717) is 5.16 Å². The summed E-state index contributed by atoms with van der Waals surface area (Å²) in [4.78, 5) is 11.1. The van der Waals surface area contributed by atoms with Crippen molar-refractivity contribution < 1.29 is 4.39 Å². The first-order valence-corrected chi connectivity index (χ1v) is 9.87. The van der Waals surface area contributed by atoms with Gasteiger partial charge in [0, 0.05) is 17.3 Å². The number of halogens is 1. The Bertz CT molecular complexity index is 946. The molecule has 0 saturated heterocycles. The molecule has 0 N–H and O–H groups in total. The lowest BCUT2D eigenvalue weighted by molar-refractivity contribution is 0.305. The van der Waals surface area contributed by atoms with Crippen LogP contribution in [0.5, 0.6) is 0 Å². The van der Waals surface area contributed by atoms with Crippen LogP contribution < -0.4 is 0 Å². The van der Waals surface area contributed by atoms with Gasteiger partial charge in [-0.05, 0) is 63.1 Å². The predicted molar refractivity (Wildman–Crippen MR) is 108 cm³/mol. The molecule has 1 unspecified atom stereocenters. The van der Waals surface area contributed by atoms with Gasteiger partial charge < -0.3 is 0 Å². The highest BCUT2D eigenvalue weighted by molar-refractivity contribution is 7.99. The van der Waals surface area contributed by atoms with Crippen molar-refractivity contribution in [2.45, 2.75) is 49.3 Å². The first kappa shape index (κ1) is 20.4. The summed E-state index contributed by atoms with van der Waals surface area (Å²) < 4.78 is 15.4. The van der Waals surface area contributed by atoms with Gasteiger partial charge in [0.1, 0.15) is 16.7 Å². The number of rotatable bonds is 5. The van der Waals surface area contributed by atoms with E-state index >= 15 is 0 Å². The van der Waals surface area contributed by atoms with E-state index < -0.39 is 0 Å². The molecule has 2 heterocycles. The van der Waals surface area contributed by atoms with Gasteiger partial charge in [-0.3, -0.25) is 9.47 Å². The van der Waals surface area contributed by atoms with Gasteiger partial charge in [-0.15, -0.1) is 10.2 Å². The first-order valence-electron chi connectivity index (χ1n) is 9.06. The quantitative estimate of drug-likeness (QED) is 0.596. The zero-order chi connectivity index (χ0) is 20.5. The summed E-state index contributed by atoms with van der Waals surface area (Å²) in [6.45, 7) is 8.29. The molecule has 0 amide bonds. The van der Waals surface area contributed by atoms with Crippen LogP contribution in [0.1, 0.15) is 45.4 Å². The number of hydrogen-bond acceptors (Lipinski definition) is 6. The molecule has 3 aromatic rings. The molecule has 0 bridgehead atoms. The lowest BCUT2D eigenvalue weighted by atomic mass is 9.96. The van der Waals surface area contributed by atoms with Crippen LogP contribution in [0.25, 0.3) is 5.69 Å². The van der Waals surface area contributed by atoms with Crippen LogP contribution in [0.15, 0.2) is 46.7 Å². The minimum absolute atomic E-state index is 0.0300. The van der Waals surface area contributed by atoms with E-state index in [0.717, 1.165) is 22.4 Å². The van der Waals surface area contributed by atoms with Gasteiger partial charge in [-0.25, -0.2) is 14.4 Å². The molecule has 0 spiro atoms. The van der Waals surface area contributed by atoms with E-state index in [2.05, 4.69) is 52.8 Å². The lowest BCUT2D eigenvalue weighted by Crippen LogP contribution is -2.20. The van der Waals surface area contributed by atoms with Gasteiger partial charge in [0.25, 0.3) is 0 Å². The van der Waals surface area contributed by atoms with Gasteiger partial charge in [-0.1, -0.05) is 20.8 Å². The number of hydrogen-bond donors (Lipinski definition) is 0. The molecule has 0 aliphatic carbocycles. The molecular weight excluding hydrogens is 375 g/mol. The average molecular weight is 401 g/mol. The predicted octanol–water partition coefficient (Wildman–Crippen LogP) is 4.27. The molecule has 8 heteroatoms. The molecule has 0 aliphatic heterocycles. The highest BCUT2D eigenvalue weighted by atomic mass is 32.2. The summed E-state index contributed by atoms with van der Waals surface area (Å²) >= 11 is 1.42. The molecule has 3 rings (SSSR count). The maximum absolute atomic E-state index is 13.4. The summed E-state index contributed by atoms with van der Waals surface area (Å²) in [5.74, 6) is 1.27. The van der Waals surface area contributed by atoms with E-state index in [1.54, 1.807) is 18.3 Å². The van der Waals surface area contributed by atoms with Gasteiger partial charge >= 0.3 is 0 Å². The van der Waals surface area contributed by atoms with Crippen LogP contribution in [-0.4, -0.2) is 43.7 Å². The molecule has 0 fully saturated rings. The molecular formula is C20H25FN6S. The molecule has 2 aromatic heterocycles. The Kier molecular flexibility index (Phi) is 5.81. The van der Waals surface area contributed by atoms with Gasteiger partial charge in [-0.2, -0.15) is 0 Å². The molecule has 0 radical (unpaired) electrons. The van der Waals surface area contributed by atoms with Crippen LogP contribution in [0, 0.1) is 5.82 Å². The maximum Gasteiger partial charge on any atom is 0.202 e. The normalized spacial score (nSPS) is 13.1. The SMILES string of the molecule is CC(c1nnc(Sc2ccnc(C(C)(C)C)n2)n1-c1ccc(F)cc1)N(C)C. The second-order valence-electron chi connectivity index (χ2n) is 7.86. The molecule has 0 aliphatic rings. The van der Waals surface area contributed by atoms with Crippen LogP contribution in [0.3, 0.4) is 0 Å². The molecule has 0 saturated carbocycles. The Labute approximate surface area is 169 Å². The Morgan fingerprint density at radius 2 is 1.75 bits per heavy atom. The molecule has 1 atom stereocenters. The Hall–Kier alpha value is -2.32. The maximum atomic E-state index is 13.4. The van der Waals surface area contributed by atoms with Crippen molar-refractivity contribution in [3.8, 4) is 5.69 Å². The first-order chi connectivity index (χ1) is 13.2. The second kappa shape index (κ2) is 7.97. The Morgan fingerprint density at radius 3 is 2.36 bits per heavy atom. The minimum Gasteiger partial charge on any atom is -0.300 e.